The Morgan fingerprint density at radius 1 is 1.10 bits per heavy atom. The maximum Gasteiger partial charge on any atom is 0.233 e. The normalized spacial score (nSPS) is 12.1. The van der Waals surface area contributed by atoms with Crippen molar-refractivity contribution in [3.63, 3.8) is 0 Å². The van der Waals surface area contributed by atoms with E-state index in [4.69, 9.17) is 9.97 Å². The third-order valence-electron chi connectivity index (χ3n) is 4.52. The Bertz CT molecular complexity index is 1130. The van der Waals surface area contributed by atoms with E-state index >= 15 is 0 Å². The highest BCUT2D eigenvalue weighted by Gasteiger charge is 2.18. The van der Waals surface area contributed by atoms with Gasteiger partial charge in [0.25, 0.3) is 0 Å². The zero-order chi connectivity index (χ0) is 20.2. The van der Waals surface area contributed by atoms with Gasteiger partial charge in [0.15, 0.2) is 5.82 Å². The first-order valence-electron chi connectivity index (χ1n) is 9.41. The number of hydrogen-bond acceptors (Lipinski definition) is 5. The molecule has 1 atom stereocenters. The Morgan fingerprint density at radius 3 is 2.69 bits per heavy atom. The first-order chi connectivity index (χ1) is 14.1. The molecular weight excluding hydrogens is 398 g/mol. The Kier molecular flexibility index (Phi) is 5.92. The maximum absolute atomic E-state index is 12.6. The van der Waals surface area contributed by atoms with Crippen molar-refractivity contribution in [2.24, 2.45) is 0 Å². The number of carbonyl (C=O) groups excluding carboxylic acids is 1. The van der Waals surface area contributed by atoms with Crippen LogP contribution in [0.5, 0.6) is 0 Å². The van der Waals surface area contributed by atoms with E-state index in [2.05, 4.69) is 24.4 Å². The fourth-order valence-electron chi connectivity index (χ4n) is 2.97. The van der Waals surface area contributed by atoms with Gasteiger partial charge in [-0.3, -0.25) is 4.79 Å². The van der Waals surface area contributed by atoms with Gasteiger partial charge in [0.2, 0.25) is 5.91 Å². The summed E-state index contributed by atoms with van der Waals surface area (Å²) in [5.74, 6) is 0.680. The molecule has 0 saturated carbocycles. The Labute approximate surface area is 178 Å². The van der Waals surface area contributed by atoms with E-state index < -0.39 is 0 Å². The summed E-state index contributed by atoms with van der Waals surface area (Å²) in [6.45, 7) is 4.52. The average Bonchev–Trinajstić information content (AvgIpc) is 3.26. The molecule has 2 heterocycles. The van der Waals surface area contributed by atoms with Crippen LogP contribution in [-0.4, -0.2) is 21.1 Å². The number of fused-ring (bicyclic) bond motifs is 1. The summed E-state index contributed by atoms with van der Waals surface area (Å²) in [5, 5.41) is 6.57. The van der Waals surface area contributed by atoms with Gasteiger partial charge in [-0.15, -0.1) is 11.3 Å². The quantitative estimate of drug-likeness (QED) is 0.333. The number of thioether (sulfide) groups is 1. The van der Waals surface area contributed by atoms with Gasteiger partial charge in [-0.05, 0) is 37.4 Å². The summed E-state index contributed by atoms with van der Waals surface area (Å²) < 4.78 is 0. The fraction of sp³-hybridized carbons (Fsp3) is 0.174. The lowest BCUT2D eigenvalue weighted by atomic mass is 10.1. The van der Waals surface area contributed by atoms with Gasteiger partial charge in [0.05, 0.1) is 17.3 Å². The van der Waals surface area contributed by atoms with Crippen molar-refractivity contribution < 1.29 is 4.79 Å². The van der Waals surface area contributed by atoms with Crippen molar-refractivity contribution in [3.8, 4) is 11.4 Å². The van der Waals surface area contributed by atoms with Crippen molar-refractivity contribution in [1.82, 2.24) is 15.3 Å². The number of aromatic nitrogens is 2. The predicted octanol–water partition coefficient (Wildman–Crippen LogP) is 5.46. The summed E-state index contributed by atoms with van der Waals surface area (Å²) in [6.07, 6.45) is 0. The van der Waals surface area contributed by atoms with Crippen LogP contribution < -0.4 is 5.32 Å². The van der Waals surface area contributed by atoms with Crippen molar-refractivity contribution in [3.05, 3.63) is 76.5 Å². The van der Waals surface area contributed by atoms with Gasteiger partial charge < -0.3 is 5.32 Å². The van der Waals surface area contributed by atoms with Gasteiger partial charge in [-0.25, -0.2) is 9.97 Å². The number of nitrogens with one attached hydrogen (secondary N) is 1. The standard InChI is InChI=1S/C23H21N3OS2/c1-15-10-11-20-19(13-15)23(26-21(25-20)17-7-4-3-5-8-17)29-16(2)22(27)24-14-18-9-6-12-28-18/h3-13,16H,14H2,1-2H3,(H,24,27)/t16-/m0/s1. The Balaban J connectivity index is 1.62. The van der Waals surface area contributed by atoms with Gasteiger partial charge in [-0.2, -0.15) is 0 Å². The zero-order valence-corrected chi connectivity index (χ0v) is 17.9. The first kappa shape index (κ1) is 19.6. The number of carbonyl (C=O) groups is 1. The molecule has 0 aliphatic heterocycles. The van der Waals surface area contributed by atoms with Gasteiger partial charge >= 0.3 is 0 Å². The molecule has 0 saturated heterocycles. The molecular formula is C23H21N3OS2. The highest BCUT2D eigenvalue weighted by molar-refractivity contribution is 8.00. The van der Waals surface area contributed by atoms with Crippen LogP contribution in [0, 0.1) is 6.92 Å². The van der Waals surface area contributed by atoms with E-state index in [-0.39, 0.29) is 11.2 Å². The smallest absolute Gasteiger partial charge is 0.233 e. The fourth-order valence-corrected chi connectivity index (χ4v) is 4.57. The molecule has 0 unspecified atom stereocenters. The molecule has 146 valence electrons. The molecule has 2 aromatic carbocycles. The van der Waals surface area contributed by atoms with Gasteiger partial charge in [-0.1, -0.05) is 59.8 Å². The molecule has 0 spiro atoms. The maximum atomic E-state index is 12.6. The zero-order valence-electron chi connectivity index (χ0n) is 16.3. The number of hydrogen-bond donors (Lipinski definition) is 1. The van der Waals surface area contributed by atoms with Crippen LogP contribution in [0.3, 0.4) is 0 Å². The van der Waals surface area contributed by atoms with Crippen LogP contribution in [0.4, 0.5) is 0 Å². The molecule has 4 nitrogen and oxygen atoms in total. The number of nitrogens with zero attached hydrogens (tertiary/aromatic N) is 2. The van der Waals surface area contributed by atoms with Crippen LogP contribution in [0.2, 0.25) is 0 Å². The van der Waals surface area contributed by atoms with Crippen LogP contribution in [-0.2, 0) is 11.3 Å². The third-order valence-corrected chi connectivity index (χ3v) is 6.50. The molecule has 0 aliphatic rings. The van der Waals surface area contributed by atoms with E-state index in [0.717, 1.165) is 31.9 Å². The minimum atomic E-state index is -0.266. The van der Waals surface area contributed by atoms with Gasteiger partial charge in [0.1, 0.15) is 5.03 Å². The summed E-state index contributed by atoms with van der Waals surface area (Å²) in [6, 6.07) is 20.1. The highest BCUT2D eigenvalue weighted by Crippen LogP contribution is 2.31. The minimum Gasteiger partial charge on any atom is -0.350 e. The van der Waals surface area contributed by atoms with Crippen LogP contribution in [0.25, 0.3) is 22.3 Å². The topological polar surface area (TPSA) is 54.9 Å². The Morgan fingerprint density at radius 2 is 1.93 bits per heavy atom. The number of aryl methyl sites for hydroxylation is 1. The van der Waals surface area contributed by atoms with E-state index in [1.54, 1.807) is 11.3 Å². The molecule has 4 rings (SSSR count). The summed E-state index contributed by atoms with van der Waals surface area (Å²) in [4.78, 5) is 23.3. The van der Waals surface area contributed by atoms with E-state index in [1.807, 2.05) is 60.8 Å². The lowest BCUT2D eigenvalue weighted by Crippen LogP contribution is -2.30. The van der Waals surface area contributed by atoms with Gasteiger partial charge in [0, 0.05) is 15.8 Å². The van der Waals surface area contributed by atoms with Crippen molar-refractivity contribution in [1.29, 1.82) is 0 Å². The number of rotatable bonds is 6. The number of amides is 1. The third kappa shape index (κ3) is 4.66. The molecule has 0 fully saturated rings. The Hall–Kier alpha value is -2.70. The number of benzene rings is 2. The molecule has 0 aliphatic carbocycles. The largest absolute Gasteiger partial charge is 0.350 e. The molecule has 4 aromatic rings. The van der Waals surface area contributed by atoms with Crippen molar-refractivity contribution in [2.75, 3.05) is 0 Å². The molecule has 6 heteroatoms. The lowest BCUT2D eigenvalue weighted by molar-refractivity contribution is -0.120. The van der Waals surface area contributed by atoms with Crippen molar-refractivity contribution in [2.45, 2.75) is 30.7 Å². The molecule has 2 aromatic heterocycles. The summed E-state index contributed by atoms with van der Waals surface area (Å²) in [5.41, 5.74) is 3.00. The van der Waals surface area contributed by atoms with E-state index in [1.165, 1.54) is 11.8 Å². The molecule has 0 radical (unpaired) electrons. The van der Waals surface area contributed by atoms with Crippen molar-refractivity contribution >= 4 is 39.9 Å². The first-order valence-corrected chi connectivity index (χ1v) is 11.2. The van der Waals surface area contributed by atoms with Crippen LogP contribution in [0.1, 0.15) is 17.4 Å². The monoisotopic (exact) mass is 419 g/mol. The molecule has 1 N–H and O–H groups in total. The number of thiophene rings is 1. The second kappa shape index (κ2) is 8.76. The lowest BCUT2D eigenvalue weighted by Gasteiger charge is -2.14. The summed E-state index contributed by atoms with van der Waals surface area (Å²) >= 11 is 3.12. The molecule has 29 heavy (non-hydrogen) atoms. The SMILES string of the molecule is Cc1ccc2nc(-c3ccccc3)nc(S[C@@H](C)C(=O)NCc3cccs3)c2c1. The van der Waals surface area contributed by atoms with Crippen LogP contribution >= 0.6 is 23.1 Å². The average molecular weight is 420 g/mol. The predicted molar refractivity (Wildman–Crippen MR) is 121 cm³/mol. The summed E-state index contributed by atoms with van der Waals surface area (Å²) in [7, 11) is 0. The van der Waals surface area contributed by atoms with E-state index in [9.17, 15) is 4.79 Å². The molecule has 0 bridgehead atoms. The minimum absolute atomic E-state index is 0.00377. The molecule has 1 amide bonds. The van der Waals surface area contributed by atoms with E-state index in [0.29, 0.717) is 12.4 Å². The van der Waals surface area contributed by atoms with Crippen LogP contribution in [0.15, 0.2) is 71.1 Å². The second-order valence-electron chi connectivity index (χ2n) is 6.80. The second-order valence-corrected chi connectivity index (χ2v) is 9.16. The highest BCUT2D eigenvalue weighted by atomic mass is 32.2.